The lowest BCUT2D eigenvalue weighted by atomic mass is 9.95. The summed E-state index contributed by atoms with van der Waals surface area (Å²) < 4.78 is 33.4. The molecule has 0 fully saturated rings. The number of nitrogens with one attached hydrogen (secondary N) is 1. The van der Waals surface area contributed by atoms with Crippen molar-refractivity contribution in [2.24, 2.45) is 0 Å². The molecule has 5 nitrogen and oxygen atoms in total. The number of esters is 1. The Morgan fingerprint density at radius 2 is 2.00 bits per heavy atom. The summed E-state index contributed by atoms with van der Waals surface area (Å²) in [5.74, 6) is -0.491. The molecule has 2 heterocycles. The van der Waals surface area contributed by atoms with Gasteiger partial charge in [0.1, 0.15) is 9.21 Å². The van der Waals surface area contributed by atoms with Crippen LogP contribution in [0.25, 0.3) is 0 Å². The smallest absolute Gasteiger partial charge is 0.341 e. The van der Waals surface area contributed by atoms with E-state index in [-0.39, 0.29) is 4.21 Å². The number of ether oxygens (including phenoxy) is 1. The van der Waals surface area contributed by atoms with Gasteiger partial charge in [-0.05, 0) is 59.3 Å². The second kappa shape index (κ2) is 6.54. The number of methoxy groups -OCH3 is 1. The SMILES string of the molecule is COC(=O)c1c(NS(=O)(=O)c2ccc(Br)s2)sc2c1CCCC2. The van der Waals surface area contributed by atoms with E-state index in [1.54, 1.807) is 6.07 Å². The lowest BCUT2D eigenvalue weighted by Crippen LogP contribution is -2.14. The van der Waals surface area contributed by atoms with E-state index in [1.807, 2.05) is 0 Å². The third kappa shape index (κ3) is 3.33. The highest BCUT2D eigenvalue weighted by Crippen LogP contribution is 2.40. The fourth-order valence-corrected chi connectivity index (χ4v) is 7.16. The van der Waals surface area contributed by atoms with Crippen molar-refractivity contribution in [3.05, 3.63) is 31.9 Å². The topological polar surface area (TPSA) is 72.5 Å². The Morgan fingerprint density at radius 1 is 1.26 bits per heavy atom. The number of anilines is 1. The van der Waals surface area contributed by atoms with Gasteiger partial charge in [-0.25, -0.2) is 13.2 Å². The van der Waals surface area contributed by atoms with E-state index in [0.29, 0.717) is 10.6 Å². The van der Waals surface area contributed by atoms with Crippen molar-refractivity contribution < 1.29 is 17.9 Å². The maximum absolute atomic E-state index is 12.5. The maximum Gasteiger partial charge on any atom is 0.341 e. The van der Waals surface area contributed by atoms with Crippen LogP contribution in [0.3, 0.4) is 0 Å². The molecule has 0 spiro atoms. The summed E-state index contributed by atoms with van der Waals surface area (Å²) in [5.41, 5.74) is 1.30. The molecule has 1 aliphatic carbocycles. The van der Waals surface area contributed by atoms with Crippen LogP contribution >= 0.6 is 38.6 Å². The Balaban J connectivity index is 2.02. The Labute approximate surface area is 150 Å². The van der Waals surface area contributed by atoms with Crippen molar-refractivity contribution in [1.29, 1.82) is 0 Å². The van der Waals surface area contributed by atoms with E-state index in [4.69, 9.17) is 4.74 Å². The summed E-state index contributed by atoms with van der Waals surface area (Å²) in [7, 11) is -2.41. The molecule has 0 bridgehead atoms. The van der Waals surface area contributed by atoms with Crippen LogP contribution in [0.15, 0.2) is 20.1 Å². The quantitative estimate of drug-likeness (QED) is 0.735. The van der Waals surface area contributed by atoms with Gasteiger partial charge in [0.15, 0.2) is 0 Å². The summed E-state index contributed by atoms with van der Waals surface area (Å²) in [6.45, 7) is 0. The average molecular weight is 436 g/mol. The number of hydrogen-bond donors (Lipinski definition) is 1. The Bertz CT molecular complexity index is 853. The van der Waals surface area contributed by atoms with Gasteiger partial charge < -0.3 is 4.74 Å². The predicted molar refractivity (Wildman–Crippen MR) is 95.1 cm³/mol. The first-order valence-corrected chi connectivity index (χ1v) is 10.8. The average Bonchev–Trinajstić information content (AvgIpc) is 3.09. The highest BCUT2D eigenvalue weighted by Gasteiger charge is 2.29. The van der Waals surface area contributed by atoms with Crippen LogP contribution in [-0.4, -0.2) is 21.5 Å². The number of sulfonamides is 1. The fraction of sp³-hybridized carbons (Fsp3) is 0.357. The molecule has 2 aromatic rings. The van der Waals surface area contributed by atoms with Crippen LogP contribution in [0.2, 0.25) is 0 Å². The monoisotopic (exact) mass is 435 g/mol. The highest BCUT2D eigenvalue weighted by molar-refractivity contribution is 9.11. The molecule has 124 valence electrons. The molecule has 0 amide bonds. The molecule has 1 aliphatic rings. The molecule has 0 saturated carbocycles. The molecule has 0 aromatic carbocycles. The zero-order valence-corrected chi connectivity index (χ0v) is 16.3. The molecule has 0 aliphatic heterocycles. The molecular weight excluding hydrogens is 422 g/mol. The van der Waals surface area contributed by atoms with Crippen molar-refractivity contribution in [2.45, 2.75) is 29.9 Å². The Morgan fingerprint density at radius 3 is 2.65 bits per heavy atom. The molecule has 0 unspecified atom stereocenters. The summed E-state index contributed by atoms with van der Waals surface area (Å²) >= 11 is 5.72. The third-order valence-corrected chi connectivity index (χ3v) is 8.40. The third-order valence-electron chi connectivity index (χ3n) is 3.60. The summed E-state index contributed by atoms with van der Waals surface area (Å²) in [6, 6.07) is 3.21. The van der Waals surface area contributed by atoms with E-state index in [1.165, 1.54) is 24.5 Å². The van der Waals surface area contributed by atoms with Gasteiger partial charge >= 0.3 is 5.97 Å². The molecule has 3 rings (SSSR count). The molecular formula is C14H14BrNO4S3. The number of thiophene rings is 2. The van der Waals surface area contributed by atoms with Gasteiger partial charge in [-0.1, -0.05) is 0 Å². The lowest BCUT2D eigenvalue weighted by molar-refractivity contribution is 0.0601. The standard InChI is InChI=1S/C14H14BrNO4S3/c1-20-14(17)12-8-4-2-3-5-9(8)21-13(12)16-23(18,19)11-7-6-10(15)22-11/h6-7,16H,2-5H2,1H3. The largest absolute Gasteiger partial charge is 0.465 e. The number of carbonyl (C=O) groups is 1. The number of fused-ring (bicyclic) bond motifs is 1. The molecule has 1 N–H and O–H groups in total. The van der Waals surface area contributed by atoms with Gasteiger partial charge in [-0.3, -0.25) is 4.72 Å². The number of carbonyl (C=O) groups excluding carboxylic acids is 1. The fourth-order valence-electron chi connectivity index (χ4n) is 2.57. The van der Waals surface area contributed by atoms with E-state index in [2.05, 4.69) is 20.7 Å². The molecule has 0 saturated heterocycles. The van der Waals surface area contributed by atoms with Crippen LogP contribution < -0.4 is 4.72 Å². The van der Waals surface area contributed by atoms with Crippen LogP contribution in [0, 0.1) is 0 Å². The normalized spacial score (nSPS) is 14.3. The number of halogens is 1. The number of aryl methyl sites for hydroxylation is 1. The molecule has 2 aromatic heterocycles. The first-order valence-electron chi connectivity index (χ1n) is 6.93. The highest BCUT2D eigenvalue weighted by atomic mass is 79.9. The zero-order valence-electron chi connectivity index (χ0n) is 12.2. The molecule has 0 radical (unpaired) electrons. The zero-order chi connectivity index (χ0) is 16.6. The van der Waals surface area contributed by atoms with Crippen molar-refractivity contribution in [1.82, 2.24) is 0 Å². The van der Waals surface area contributed by atoms with Gasteiger partial charge in [0.05, 0.1) is 16.5 Å². The minimum atomic E-state index is -3.72. The van der Waals surface area contributed by atoms with Crippen molar-refractivity contribution >= 4 is 59.6 Å². The maximum atomic E-state index is 12.5. The van der Waals surface area contributed by atoms with Crippen LogP contribution in [-0.2, 0) is 27.6 Å². The molecule has 9 heteroatoms. The van der Waals surface area contributed by atoms with Gasteiger partial charge in [0.25, 0.3) is 10.0 Å². The van der Waals surface area contributed by atoms with E-state index < -0.39 is 16.0 Å². The lowest BCUT2D eigenvalue weighted by Gasteiger charge is -2.11. The second-order valence-electron chi connectivity index (χ2n) is 5.07. The van der Waals surface area contributed by atoms with Crippen molar-refractivity contribution in [3.63, 3.8) is 0 Å². The van der Waals surface area contributed by atoms with Crippen LogP contribution in [0.1, 0.15) is 33.6 Å². The summed E-state index contributed by atoms with van der Waals surface area (Å²) in [6.07, 6.45) is 3.70. The molecule has 23 heavy (non-hydrogen) atoms. The van der Waals surface area contributed by atoms with Gasteiger partial charge in [-0.15, -0.1) is 22.7 Å². The minimum Gasteiger partial charge on any atom is -0.465 e. The second-order valence-corrected chi connectivity index (χ2v) is 10.5. The van der Waals surface area contributed by atoms with Crippen molar-refractivity contribution in [2.75, 3.05) is 11.8 Å². The molecule has 0 atom stereocenters. The van der Waals surface area contributed by atoms with Gasteiger partial charge in [-0.2, -0.15) is 0 Å². The summed E-state index contributed by atoms with van der Waals surface area (Å²) in [4.78, 5) is 13.2. The van der Waals surface area contributed by atoms with E-state index in [0.717, 1.165) is 51.2 Å². The van der Waals surface area contributed by atoms with Crippen LogP contribution in [0.4, 0.5) is 5.00 Å². The Hall–Kier alpha value is -0.900. The Kier molecular flexibility index (Phi) is 4.82. The minimum absolute atomic E-state index is 0.201. The van der Waals surface area contributed by atoms with Crippen LogP contribution in [0.5, 0.6) is 0 Å². The number of rotatable bonds is 4. The van der Waals surface area contributed by atoms with Crippen molar-refractivity contribution in [3.8, 4) is 0 Å². The predicted octanol–water partition coefficient (Wildman–Crippen LogP) is 4.04. The van der Waals surface area contributed by atoms with E-state index in [9.17, 15) is 13.2 Å². The van der Waals surface area contributed by atoms with E-state index >= 15 is 0 Å². The van der Waals surface area contributed by atoms with Gasteiger partial charge in [0, 0.05) is 4.88 Å². The first kappa shape index (κ1) is 16.9. The number of hydrogen-bond acceptors (Lipinski definition) is 6. The summed E-state index contributed by atoms with van der Waals surface area (Å²) in [5, 5.41) is 0.355. The van der Waals surface area contributed by atoms with Gasteiger partial charge in [0.2, 0.25) is 0 Å². The first-order chi connectivity index (χ1) is 10.9.